The summed E-state index contributed by atoms with van der Waals surface area (Å²) in [5.74, 6) is -0.777. The summed E-state index contributed by atoms with van der Waals surface area (Å²) in [6, 6.07) is 0. The van der Waals surface area contributed by atoms with Gasteiger partial charge >= 0.3 is 13.6 Å². The first-order valence-electron chi connectivity index (χ1n) is 12.8. The minimum absolute atomic E-state index is 0.258. The van der Waals surface area contributed by atoms with Crippen molar-refractivity contribution in [2.24, 2.45) is 11.8 Å². The lowest BCUT2D eigenvalue weighted by atomic mass is 9.85. The summed E-state index contributed by atoms with van der Waals surface area (Å²) in [5, 5.41) is 0. The number of ether oxygens (including phenoxy) is 1. The van der Waals surface area contributed by atoms with Gasteiger partial charge in [-0.15, -0.1) is 0 Å². The molecule has 0 aliphatic carbocycles. The fraction of sp³-hybridized carbons (Fsp3) is 0.846. The maximum Gasteiger partial charge on any atom is 0.353 e. The average Bonchev–Trinajstić information content (AvgIpc) is 2.81. The molecule has 2 atom stereocenters. The minimum Gasteiger partial charge on any atom is -0.468 e. The Morgan fingerprint density at radius 3 is 1.55 bits per heavy atom. The number of rotatable bonds is 22. The number of ketones is 1. The van der Waals surface area contributed by atoms with E-state index in [0.717, 1.165) is 19.3 Å². The first-order chi connectivity index (χ1) is 15.8. The van der Waals surface area contributed by atoms with Crippen molar-refractivity contribution in [1.82, 2.24) is 0 Å². The van der Waals surface area contributed by atoms with E-state index in [2.05, 4.69) is 6.92 Å². The molecule has 0 spiro atoms. The standard InChI is InChI=1S/C26H49O6P/c1-6-7-8-9-10-11-12-13-14-15-16-17-18-19-20-24(21-22-33(29,31-4)32-5)25(23(2)27)26(28)30-3/h21-22,24-25H,6-20H2,1-5H3/b22-21+. The molecular weight excluding hydrogens is 439 g/mol. The van der Waals surface area contributed by atoms with Gasteiger partial charge in [-0.3, -0.25) is 14.2 Å². The van der Waals surface area contributed by atoms with Gasteiger partial charge in [0.25, 0.3) is 0 Å². The highest BCUT2D eigenvalue weighted by Crippen LogP contribution is 2.48. The Labute approximate surface area is 202 Å². The number of hydrogen-bond donors (Lipinski definition) is 0. The summed E-state index contributed by atoms with van der Waals surface area (Å²) in [7, 11) is 0.529. The number of carbonyl (C=O) groups is 2. The van der Waals surface area contributed by atoms with Crippen molar-refractivity contribution < 1.29 is 27.9 Å². The Balaban J connectivity index is 4.34. The number of Topliss-reactive ketones (excluding diaryl/α,β-unsaturated/α-hetero) is 1. The molecule has 194 valence electrons. The topological polar surface area (TPSA) is 78.9 Å². The third-order valence-electron chi connectivity index (χ3n) is 6.24. The van der Waals surface area contributed by atoms with Crippen molar-refractivity contribution in [2.75, 3.05) is 21.3 Å². The second-order valence-electron chi connectivity index (χ2n) is 8.91. The molecule has 0 heterocycles. The van der Waals surface area contributed by atoms with E-state index in [1.54, 1.807) is 6.08 Å². The molecule has 0 aliphatic heterocycles. The third kappa shape index (κ3) is 15.5. The van der Waals surface area contributed by atoms with Gasteiger partial charge in [0.1, 0.15) is 11.7 Å². The number of allylic oxidation sites excluding steroid dienone is 1. The van der Waals surface area contributed by atoms with Crippen LogP contribution in [0.25, 0.3) is 0 Å². The molecule has 33 heavy (non-hydrogen) atoms. The van der Waals surface area contributed by atoms with Crippen LogP contribution < -0.4 is 0 Å². The Morgan fingerprint density at radius 2 is 1.18 bits per heavy atom. The van der Waals surface area contributed by atoms with Gasteiger partial charge in [0.2, 0.25) is 0 Å². The van der Waals surface area contributed by atoms with Crippen molar-refractivity contribution in [2.45, 2.75) is 110 Å². The molecule has 0 aromatic heterocycles. The molecular formula is C26H49O6P. The molecule has 0 bridgehead atoms. The Hall–Kier alpha value is -0.970. The number of hydrogen-bond acceptors (Lipinski definition) is 6. The maximum atomic E-state index is 12.4. The van der Waals surface area contributed by atoms with Gasteiger partial charge in [-0.05, 0) is 19.3 Å². The summed E-state index contributed by atoms with van der Waals surface area (Å²) in [5.41, 5.74) is 0. The summed E-state index contributed by atoms with van der Waals surface area (Å²) in [6.07, 6.45) is 20.0. The molecule has 0 rings (SSSR count). The lowest BCUT2D eigenvalue weighted by molar-refractivity contribution is -0.150. The summed E-state index contributed by atoms with van der Waals surface area (Å²) < 4.78 is 27.1. The van der Waals surface area contributed by atoms with Gasteiger partial charge in [0, 0.05) is 20.0 Å². The molecule has 0 aromatic carbocycles. The predicted octanol–water partition coefficient (Wildman–Crippen LogP) is 7.85. The van der Waals surface area contributed by atoms with Crippen LogP contribution in [0.2, 0.25) is 0 Å². The smallest absolute Gasteiger partial charge is 0.353 e. The average molecular weight is 489 g/mol. The Kier molecular flexibility index (Phi) is 19.8. The van der Waals surface area contributed by atoms with Crippen LogP contribution in [0.3, 0.4) is 0 Å². The molecule has 7 heteroatoms. The molecule has 2 unspecified atom stereocenters. The van der Waals surface area contributed by atoms with Gasteiger partial charge in [0.05, 0.1) is 7.11 Å². The van der Waals surface area contributed by atoms with E-state index in [1.807, 2.05) is 0 Å². The molecule has 0 saturated carbocycles. The second-order valence-corrected chi connectivity index (χ2v) is 11.0. The Morgan fingerprint density at radius 1 is 0.758 bits per heavy atom. The van der Waals surface area contributed by atoms with Crippen LogP contribution in [0.15, 0.2) is 11.9 Å². The number of methoxy groups -OCH3 is 1. The van der Waals surface area contributed by atoms with E-state index in [1.165, 1.54) is 105 Å². The van der Waals surface area contributed by atoms with E-state index < -0.39 is 25.4 Å². The van der Waals surface area contributed by atoms with Gasteiger partial charge < -0.3 is 13.8 Å². The van der Waals surface area contributed by atoms with Gasteiger partial charge in [-0.1, -0.05) is 103 Å². The molecule has 0 fully saturated rings. The highest BCUT2D eigenvalue weighted by molar-refractivity contribution is 7.57. The van der Waals surface area contributed by atoms with Gasteiger partial charge in [0.15, 0.2) is 0 Å². The normalized spacial score (nSPS) is 13.8. The van der Waals surface area contributed by atoms with E-state index in [0.29, 0.717) is 6.42 Å². The zero-order valence-corrected chi connectivity index (χ0v) is 22.7. The molecule has 0 N–H and O–H groups in total. The molecule has 6 nitrogen and oxygen atoms in total. The van der Waals surface area contributed by atoms with E-state index in [-0.39, 0.29) is 5.78 Å². The van der Waals surface area contributed by atoms with Crippen LogP contribution in [0.5, 0.6) is 0 Å². The van der Waals surface area contributed by atoms with Crippen molar-refractivity contribution in [1.29, 1.82) is 0 Å². The molecule has 0 saturated heterocycles. The lowest BCUT2D eigenvalue weighted by Crippen LogP contribution is -2.30. The van der Waals surface area contributed by atoms with E-state index in [4.69, 9.17) is 13.8 Å². The molecule has 0 amide bonds. The highest BCUT2D eigenvalue weighted by atomic mass is 31.2. The Bertz CT molecular complexity index is 581. The SMILES string of the molecule is CCCCCCCCCCCCCCCCC(/C=C/P(=O)(OC)OC)C(C(C)=O)C(=O)OC. The maximum absolute atomic E-state index is 12.4. The lowest BCUT2D eigenvalue weighted by Gasteiger charge is -2.21. The van der Waals surface area contributed by atoms with Crippen molar-refractivity contribution in [3.8, 4) is 0 Å². The quantitative estimate of drug-likeness (QED) is 0.0668. The van der Waals surface area contributed by atoms with Crippen molar-refractivity contribution in [3.05, 3.63) is 11.9 Å². The van der Waals surface area contributed by atoms with Crippen LogP contribution in [0.1, 0.15) is 110 Å². The number of carbonyl (C=O) groups excluding carboxylic acids is 2. The fourth-order valence-electron chi connectivity index (χ4n) is 4.13. The summed E-state index contributed by atoms with van der Waals surface area (Å²) in [6.45, 7) is 3.64. The molecule has 0 aromatic rings. The number of esters is 1. The second kappa shape index (κ2) is 20.4. The third-order valence-corrected chi connectivity index (χ3v) is 7.79. The van der Waals surface area contributed by atoms with Gasteiger partial charge in [-0.2, -0.15) is 0 Å². The zero-order chi connectivity index (χ0) is 25.0. The van der Waals surface area contributed by atoms with Gasteiger partial charge in [-0.25, -0.2) is 0 Å². The highest BCUT2D eigenvalue weighted by Gasteiger charge is 2.32. The van der Waals surface area contributed by atoms with Crippen molar-refractivity contribution >= 4 is 19.3 Å². The predicted molar refractivity (Wildman–Crippen MR) is 135 cm³/mol. The van der Waals surface area contributed by atoms with E-state index >= 15 is 0 Å². The summed E-state index contributed by atoms with van der Waals surface area (Å²) in [4.78, 5) is 24.3. The first-order valence-corrected chi connectivity index (χ1v) is 14.4. The molecule has 0 aliphatic rings. The summed E-state index contributed by atoms with van der Waals surface area (Å²) >= 11 is 0. The van der Waals surface area contributed by atoms with E-state index in [9.17, 15) is 14.2 Å². The zero-order valence-electron chi connectivity index (χ0n) is 21.8. The van der Waals surface area contributed by atoms with Crippen LogP contribution in [0, 0.1) is 11.8 Å². The van der Waals surface area contributed by atoms with Crippen molar-refractivity contribution in [3.63, 3.8) is 0 Å². The van der Waals surface area contributed by atoms with Crippen LogP contribution >= 0.6 is 7.60 Å². The first kappa shape index (κ1) is 32.0. The largest absolute Gasteiger partial charge is 0.468 e. The minimum atomic E-state index is -3.36. The number of unbranched alkanes of at least 4 members (excludes halogenated alkanes) is 13. The van der Waals surface area contributed by atoms with Crippen LogP contribution in [-0.4, -0.2) is 33.1 Å². The molecule has 0 radical (unpaired) electrons. The monoisotopic (exact) mass is 488 g/mol. The fourth-order valence-corrected chi connectivity index (χ4v) is 4.95. The van der Waals surface area contributed by atoms with Crippen LogP contribution in [0.4, 0.5) is 0 Å². The van der Waals surface area contributed by atoms with Crippen LogP contribution in [-0.2, 0) is 27.9 Å².